The molecule has 0 amide bonds. The van der Waals surface area contributed by atoms with Crippen LogP contribution in [-0.2, 0) is 22.5 Å². The molecule has 2 aromatic carbocycles. The number of ether oxygens (including phenoxy) is 1. The smallest absolute Gasteiger partial charge is 0.341 e. The van der Waals surface area contributed by atoms with Gasteiger partial charge in [-0.05, 0) is 60.7 Å². The van der Waals surface area contributed by atoms with Crippen molar-refractivity contribution in [3.8, 4) is 17.0 Å². The molecule has 2 unspecified atom stereocenters. The van der Waals surface area contributed by atoms with Crippen LogP contribution in [0.5, 0.6) is 5.75 Å². The lowest BCUT2D eigenvalue weighted by molar-refractivity contribution is -0.139. The van der Waals surface area contributed by atoms with Crippen molar-refractivity contribution in [3.05, 3.63) is 76.9 Å². The van der Waals surface area contributed by atoms with Crippen LogP contribution in [0.3, 0.4) is 0 Å². The van der Waals surface area contributed by atoms with Gasteiger partial charge < -0.3 is 9.84 Å². The van der Waals surface area contributed by atoms with Crippen LogP contribution in [0.15, 0.2) is 60.8 Å². The van der Waals surface area contributed by atoms with E-state index in [9.17, 15) is 13.6 Å². The zero-order valence-electron chi connectivity index (χ0n) is 17.0. The molecule has 0 saturated heterocycles. The molecular weight excluding hydrogens is 452 g/mol. The number of aromatic nitrogens is 1. The molecule has 166 valence electrons. The van der Waals surface area contributed by atoms with Gasteiger partial charge in [-0.3, -0.25) is 13.8 Å². The van der Waals surface area contributed by atoms with E-state index >= 15 is 0 Å². The molecule has 0 radical (unpaired) electrons. The number of nitrogens with zero attached hydrogens (tertiary/aromatic N) is 2. The molecule has 9 heteroatoms. The molecule has 2 N–H and O–H groups in total. The number of benzene rings is 2. The highest BCUT2D eigenvalue weighted by Gasteiger charge is 2.31. The second-order valence-electron chi connectivity index (χ2n) is 7.38. The molecule has 0 spiro atoms. The summed E-state index contributed by atoms with van der Waals surface area (Å²) in [5, 5.41) is 9.57. The molecule has 4 rings (SSSR count). The quantitative estimate of drug-likeness (QED) is 0.475. The zero-order chi connectivity index (χ0) is 22.7. The number of hydrogen-bond donors (Lipinski definition) is 2. The minimum atomic E-state index is -2.29. The first-order valence-electron chi connectivity index (χ1n) is 10.0. The predicted octanol–water partition coefficient (Wildman–Crippen LogP) is 4.89. The number of pyridine rings is 1. The number of fused-ring (bicyclic) bond motifs is 1. The Bertz CT molecular complexity index is 1140. The van der Waals surface area contributed by atoms with E-state index < -0.39 is 23.8 Å². The Hall–Kier alpha value is -2.94. The third-order valence-electron chi connectivity index (χ3n) is 5.38. The van der Waals surface area contributed by atoms with E-state index in [2.05, 4.69) is 4.98 Å². The summed E-state index contributed by atoms with van der Waals surface area (Å²) in [6.07, 6.45) is 3.73. The lowest BCUT2D eigenvalue weighted by Crippen LogP contribution is -2.33. The average molecular weight is 473 g/mol. The van der Waals surface area contributed by atoms with E-state index in [-0.39, 0.29) is 6.04 Å². The SMILES string of the molecule is O=C(O)COc1cccc2c1CCCC2N(c1ccc(-c2ccc(Cl)cc2)nc1)S(=O)O. The normalized spacial score (nSPS) is 16.1. The van der Waals surface area contributed by atoms with Crippen molar-refractivity contribution in [3.63, 3.8) is 0 Å². The van der Waals surface area contributed by atoms with Crippen LogP contribution >= 0.6 is 11.6 Å². The van der Waals surface area contributed by atoms with Gasteiger partial charge in [0.05, 0.1) is 23.6 Å². The van der Waals surface area contributed by atoms with Crippen molar-refractivity contribution in [1.29, 1.82) is 0 Å². The van der Waals surface area contributed by atoms with Gasteiger partial charge in [0, 0.05) is 10.6 Å². The molecule has 0 saturated carbocycles. The summed E-state index contributed by atoms with van der Waals surface area (Å²) < 4.78 is 29.4. The third kappa shape index (κ3) is 4.77. The van der Waals surface area contributed by atoms with Gasteiger partial charge in [-0.1, -0.05) is 35.9 Å². The number of carboxylic acid groups (broad SMARTS) is 1. The second-order valence-corrected chi connectivity index (χ2v) is 8.67. The molecule has 32 heavy (non-hydrogen) atoms. The summed E-state index contributed by atoms with van der Waals surface area (Å²) >= 11 is 3.66. The molecule has 1 aromatic heterocycles. The number of rotatable bonds is 7. The highest BCUT2D eigenvalue weighted by atomic mass is 35.5. The Labute approximate surface area is 193 Å². The first kappa shape index (κ1) is 22.3. The molecule has 1 aliphatic rings. The molecular formula is C23H21ClN2O5S. The van der Waals surface area contributed by atoms with Crippen LogP contribution in [-0.4, -0.2) is 31.4 Å². The fourth-order valence-corrected chi connectivity index (χ4v) is 4.85. The lowest BCUT2D eigenvalue weighted by atomic mass is 9.87. The van der Waals surface area contributed by atoms with Crippen molar-refractivity contribution in [2.75, 3.05) is 10.9 Å². The molecule has 3 aromatic rings. The van der Waals surface area contributed by atoms with Gasteiger partial charge in [-0.15, -0.1) is 0 Å². The maximum absolute atomic E-state index is 12.4. The molecule has 2 atom stereocenters. The van der Waals surface area contributed by atoms with Crippen LogP contribution in [0.1, 0.15) is 30.0 Å². The molecule has 1 heterocycles. The Morgan fingerprint density at radius 2 is 1.97 bits per heavy atom. The standard InChI is InChI=1S/C23H21ClN2O5S/c24-16-9-7-15(8-10-16)20-12-11-17(13-25-20)26(32(29)30)21-5-1-4-19-18(21)3-2-6-22(19)31-14-23(27)28/h2-3,6-13,21H,1,4-5,14H2,(H,27,28)(H,29,30). The van der Waals surface area contributed by atoms with Crippen LogP contribution in [0.4, 0.5) is 5.69 Å². The third-order valence-corrected chi connectivity index (χ3v) is 6.43. The minimum absolute atomic E-state index is 0.374. The first-order chi connectivity index (χ1) is 15.4. The Morgan fingerprint density at radius 1 is 1.19 bits per heavy atom. The number of carboxylic acids is 1. The van der Waals surface area contributed by atoms with Gasteiger partial charge in [-0.2, -0.15) is 0 Å². The van der Waals surface area contributed by atoms with Crippen molar-refractivity contribution < 1.29 is 23.4 Å². The van der Waals surface area contributed by atoms with Gasteiger partial charge in [0.1, 0.15) is 5.75 Å². The van der Waals surface area contributed by atoms with Gasteiger partial charge in [-0.25, -0.2) is 9.00 Å². The number of hydrogen-bond acceptors (Lipinski definition) is 4. The Morgan fingerprint density at radius 3 is 2.62 bits per heavy atom. The largest absolute Gasteiger partial charge is 0.482 e. The fourth-order valence-electron chi connectivity index (χ4n) is 4.00. The summed E-state index contributed by atoms with van der Waals surface area (Å²) in [7, 11) is 0. The van der Waals surface area contributed by atoms with Crippen molar-refractivity contribution in [2.24, 2.45) is 0 Å². The molecule has 0 fully saturated rings. The number of halogens is 1. The van der Waals surface area contributed by atoms with Crippen LogP contribution in [0.2, 0.25) is 5.02 Å². The van der Waals surface area contributed by atoms with Gasteiger partial charge >= 0.3 is 5.97 Å². The first-order valence-corrected chi connectivity index (χ1v) is 11.5. The Balaban J connectivity index is 1.66. The number of carbonyl (C=O) groups is 1. The van der Waals surface area contributed by atoms with Crippen molar-refractivity contribution in [2.45, 2.75) is 25.3 Å². The zero-order valence-corrected chi connectivity index (χ0v) is 18.6. The lowest BCUT2D eigenvalue weighted by Gasteiger charge is -2.34. The van der Waals surface area contributed by atoms with Gasteiger partial charge in [0.2, 0.25) is 0 Å². The summed E-state index contributed by atoms with van der Waals surface area (Å²) in [6, 6.07) is 15.9. The highest BCUT2D eigenvalue weighted by molar-refractivity contribution is 7.80. The Kier molecular flexibility index (Phi) is 6.74. The van der Waals surface area contributed by atoms with E-state index in [0.29, 0.717) is 29.3 Å². The number of anilines is 1. The average Bonchev–Trinajstić information content (AvgIpc) is 2.79. The van der Waals surface area contributed by atoms with Crippen molar-refractivity contribution >= 4 is 34.5 Å². The van der Waals surface area contributed by atoms with E-state index in [1.807, 2.05) is 18.2 Å². The summed E-state index contributed by atoms with van der Waals surface area (Å²) in [4.78, 5) is 15.4. The number of aliphatic carboxylic acids is 1. The minimum Gasteiger partial charge on any atom is -0.482 e. The topological polar surface area (TPSA) is 100.0 Å². The van der Waals surface area contributed by atoms with Crippen LogP contribution < -0.4 is 9.04 Å². The molecule has 0 bridgehead atoms. The molecule has 1 aliphatic carbocycles. The monoisotopic (exact) mass is 472 g/mol. The van der Waals surface area contributed by atoms with Crippen LogP contribution in [0, 0.1) is 0 Å². The molecule has 0 aliphatic heterocycles. The highest BCUT2D eigenvalue weighted by Crippen LogP contribution is 2.41. The van der Waals surface area contributed by atoms with E-state index in [1.165, 1.54) is 4.31 Å². The van der Waals surface area contributed by atoms with E-state index in [4.69, 9.17) is 21.4 Å². The van der Waals surface area contributed by atoms with Crippen LogP contribution in [0.25, 0.3) is 11.3 Å². The maximum Gasteiger partial charge on any atom is 0.341 e. The van der Waals surface area contributed by atoms with E-state index in [1.54, 1.807) is 42.6 Å². The predicted molar refractivity (Wildman–Crippen MR) is 123 cm³/mol. The van der Waals surface area contributed by atoms with Gasteiger partial charge in [0.15, 0.2) is 6.61 Å². The van der Waals surface area contributed by atoms with E-state index in [0.717, 1.165) is 28.8 Å². The summed E-state index contributed by atoms with van der Waals surface area (Å²) in [6.45, 7) is -0.438. The van der Waals surface area contributed by atoms with Crippen molar-refractivity contribution in [1.82, 2.24) is 4.98 Å². The summed E-state index contributed by atoms with van der Waals surface area (Å²) in [5.74, 6) is -0.561. The van der Waals surface area contributed by atoms with Gasteiger partial charge in [0.25, 0.3) is 11.3 Å². The molecule has 7 nitrogen and oxygen atoms in total. The summed E-state index contributed by atoms with van der Waals surface area (Å²) in [5.41, 5.74) is 3.84. The maximum atomic E-state index is 12.4. The fraction of sp³-hybridized carbons (Fsp3) is 0.217. The second kappa shape index (κ2) is 9.68.